The van der Waals surface area contributed by atoms with E-state index in [0.717, 1.165) is 5.56 Å². The van der Waals surface area contributed by atoms with Crippen LogP contribution in [0.4, 0.5) is 5.69 Å². The number of hydrogen-bond acceptors (Lipinski definition) is 5. The van der Waals surface area contributed by atoms with E-state index in [4.69, 9.17) is 4.74 Å². The number of rotatable bonds is 4. The quantitative estimate of drug-likeness (QED) is 0.659. The fourth-order valence-corrected chi connectivity index (χ4v) is 3.06. The Morgan fingerprint density at radius 2 is 1.85 bits per heavy atom. The Kier molecular flexibility index (Phi) is 5.66. The average molecular weight is 364 g/mol. The van der Waals surface area contributed by atoms with Gasteiger partial charge in [-0.25, -0.2) is 9.79 Å². The van der Waals surface area contributed by atoms with Gasteiger partial charge in [-0.2, -0.15) is 0 Å². The van der Waals surface area contributed by atoms with Crippen LogP contribution in [0.3, 0.4) is 0 Å². The lowest BCUT2D eigenvalue weighted by atomic mass is 10.2. The van der Waals surface area contributed by atoms with Crippen molar-refractivity contribution in [1.82, 2.24) is 5.32 Å². The van der Waals surface area contributed by atoms with Crippen molar-refractivity contribution < 1.29 is 14.3 Å². The van der Waals surface area contributed by atoms with Gasteiger partial charge in [-0.15, -0.1) is 0 Å². The number of methoxy groups -OCH3 is 1. The number of aliphatic imine (C=N–C) groups is 1. The smallest absolute Gasteiger partial charge is 0.340 e. The second-order valence-corrected chi connectivity index (χ2v) is 6.31. The number of allylic oxidation sites excluding steroid dienone is 2. The number of ether oxygens (including phenoxy) is 1. The Labute approximate surface area is 155 Å². The van der Waals surface area contributed by atoms with Crippen LogP contribution in [0.15, 0.2) is 76.6 Å². The third-order valence-corrected chi connectivity index (χ3v) is 4.45. The number of nitrogens with one attached hydrogen (secondary N) is 1. The van der Waals surface area contributed by atoms with E-state index in [2.05, 4.69) is 10.3 Å². The van der Waals surface area contributed by atoms with E-state index in [-0.39, 0.29) is 5.91 Å². The van der Waals surface area contributed by atoms with E-state index in [1.807, 2.05) is 42.5 Å². The summed E-state index contributed by atoms with van der Waals surface area (Å²) < 4.78 is 4.76. The zero-order valence-electron chi connectivity index (χ0n) is 14.0. The molecule has 1 N–H and O–H groups in total. The lowest BCUT2D eigenvalue weighted by molar-refractivity contribution is -0.115. The van der Waals surface area contributed by atoms with Crippen molar-refractivity contribution in [2.24, 2.45) is 4.99 Å². The van der Waals surface area contributed by atoms with E-state index < -0.39 is 5.97 Å². The second kappa shape index (κ2) is 8.31. The maximum absolute atomic E-state index is 12.1. The fraction of sp³-hybridized carbons (Fsp3) is 0.0500. The monoisotopic (exact) mass is 364 g/mol. The van der Waals surface area contributed by atoms with E-state index >= 15 is 0 Å². The molecule has 1 aliphatic rings. The highest BCUT2D eigenvalue weighted by Gasteiger charge is 2.23. The van der Waals surface area contributed by atoms with Crippen LogP contribution in [-0.4, -0.2) is 24.2 Å². The van der Waals surface area contributed by atoms with Crippen molar-refractivity contribution in [3.63, 3.8) is 0 Å². The van der Waals surface area contributed by atoms with Gasteiger partial charge in [0.2, 0.25) is 0 Å². The molecular formula is C20H16N2O3S. The molecule has 1 heterocycles. The van der Waals surface area contributed by atoms with Crippen molar-refractivity contribution >= 4 is 40.6 Å². The molecule has 1 saturated heterocycles. The van der Waals surface area contributed by atoms with Gasteiger partial charge in [0.1, 0.15) is 0 Å². The summed E-state index contributed by atoms with van der Waals surface area (Å²) in [6, 6.07) is 16.6. The van der Waals surface area contributed by atoms with Gasteiger partial charge in [0.05, 0.1) is 23.3 Å². The molecule has 26 heavy (non-hydrogen) atoms. The zero-order valence-corrected chi connectivity index (χ0v) is 14.8. The number of amidine groups is 1. The molecule has 1 fully saturated rings. The van der Waals surface area contributed by atoms with Gasteiger partial charge in [0.15, 0.2) is 5.17 Å². The number of nitrogens with zero attached hydrogens (tertiary/aromatic N) is 1. The summed E-state index contributed by atoms with van der Waals surface area (Å²) in [5.74, 6) is -0.692. The van der Waals surface area contributed by atoms with E-state index in [0.29, 0.717) is 21.3 Å². The van der Waals surface area contributed by atoms with Crippen molar-refractivity contribution in [3.8, 4) is 0 Å². The first-order valence-corrected chi connectivity index (χ1v) is 8.67. The highest BCUT2D eigenvalue weighted by atomic mass is 32.2. The van der Waals surface area contributed by atoms with Crippen LogP contribution in [0, 0.1) is 0 Å². The molecule has 2 aromatic carbocycles. The molecule has 0 saturated carbocycles. The summed E-state index contributed by atoms with van der Waals surface area (Å²) >= 11 is 1.22. The van der Waals surface area contributed by atoms with Gasteiger partial charge in [-0.1, -0.05) is 54.6 Å². The first-order valence-electron chi connectivity index (χ1n) is 7.86. The SMILES string of the molecule is COC(=O)c1ccccc1N=C1NC(=O)/C(=C/C=C/c2ccccc2)S1. The van der Waals surface area contributed by atoms with Gasteiger partial charge in [0.25, 0.3) is 5.91 Å². The highest BCUT2D eigenvalue weighted by Crippen LogP contribution is 2.28. The number of amides is 1. The van der Waals surface area contributed by atoms with Gasteiger partial charge in [-0.3, -0.25) is 4.79 Å². The van der Waals surface area contributed by atoms with E-state index in [1.165, 1.54) is 18.9 Å². The lowest BCUT2D eigenvalue weighted by Crippen LogP contribution is -2.19. The zero-order chi connectivity index (χ0) is 18.4. The molecule has 0 aromatic heterocycles. The first-order chi connectivity index (χ1) is 12.7. The number of para-hydroxylation sites is 1. The summed E-state index contributed by atoms with van der Waals surface area (Å²) in [5.41, 5.74) is 1.84. The fourth-order valence-electron chi connectivity index (χ4n) is 2.27. The number of hydrogen-bond donors (Lipinski definition) is 1. The molecule has 130 valence electrons. The summed E-state index contributed by atoms with van der Waals surface area (Å²) in [7, 11) is 1.32. The Balaban J connectivity index is 1.78. The van der Waals surface area contributed by atoms with Gasteiger partial charge in [0, 0.05) is 0 Å². The predicted octanol–water partition coefficient (Wildman–Crippen LogP) is 3.92. The van der Waals surface area contributed by atoms with Gasteiger partial charge in [-0.05, 0) is 35.5 Å². The van der Waals surface area contributed by atoms with Crippen LogP contribution in [0.25, 0.3) is 6.08 Å². The first kappa shape index (κ1) is 17.7. The second-order valence-electron chi connectivity index (χ2n) is 5.28. The van der Waals surface area contributed by atoms with Crippen LogP contribution in [0.5, 0.6) is 0 Å². The minimum Gasteiger partial charge on any atom is -0.465 e. The van der Waals surface area contributed by atoms with Crippen LogP contribution >= 0.6 is 11.8 Å². The number of carbonyl (C=O) groups excluding carboxylic acids is 2. The molecule has 5 nitrogen and oxygen atoms in total. The Morgan fingerprint density at radius 3 is 2.62 bits per heavy atom. The minimum atomic E-state index is -0.471. The molecule has 1 amide bonds. The number of benzene rings is 2. The topological polar surface area (TPSA) is 67.8 Å². The average Bonchev–Trinajstić information content (AvgIpc) is 3.01. The van der Waals surface area contributed by atoms with Crippen molar-refractivity contribution in [1.29, 1.82) is 0 Å². The maximum Gasteiger partial charge on any atom is 0.340 e. The van der Waals surface area contributed by atoms with Gasteiger partial charge >= 0.3 is 5.97 Å². The molecule has 6 heteroatoms. The highest BCUT2D eigenvalue weighted by molar-refractivity contribution is 8.18. The molecule has 3 rings (SSSR count). The largest absolute Gasteiger partial charge is 0.465 e. The number of carbonyl (C=O) groups is 2. The number of thioether (sulfide) groups is 1. The van der Waals surface area contributed by atoms with Crippen LogP contribution in [0.1, 0.15) is 15.9 Å². The molecule has 0 unspecified atom stereocenters. The van der Waals surface area contributed by atoms with Crippen LogP contribution in [-0.2, 0) is 9.53 Å². The van der Waals surface area contributed by atoms with Crippen LogP contribution in [0.2, 0.25) is 0 Å². The Hall–Kier alpha value is -3.12. The van der Waals surface area contributed by atoms with E-state index in [9.17, 15) is 9.59 Å². The molecule has 2 aromatic rings. The van der Waals surface area contributed by atoms with Gasteiger partial charge < -0.3 is 10.1 Å². The van der Waals surface area contributed by atoms with Crippen molar-refractivity contribution in [2.45, 2.75) is 0 Å². The molecule has 1 aliphatic heterocycles. The minimum absolute atomic E-state index is 0.220. The summed E-state index contributed by atoms with van der Waals surface area (Å²) in [5, 5.41) is 3.13. The standard InChI is InChI=1S/C20H16N2O3S/c1-25-19(24)15-11-5-6-12-16(15)21-20-22-18(23)17(26-20)13-7-10-14-8-3-2-4-9-14/h2-13H,1H3,(H,21,22,23)/b10-7+,17-13-. The third kappa shape index (κ3) is 4.29. The molecule has 0 bridgehead atoms. The molecular weight excluding hydrogens is 348 g/mol. The van der Waals surface area contributed by atoms with Crippen molar-refractivity contribution in [3.05, 3.63) is 82.8 Å². The summed E-state index contributed by atoms with van der Waals surface area (Å²) in [6.45, 7) is 0. The van der Waals surface area contributed by atoms with E-state index in [1.54, 1.807) is 30.3 Å². The lowest BCUT2D eigenvalue weighted by Gasteiger charge is -2.03. The molecule has 0 spiro atoms. The summed E-state index contributed by atoms with van der Waals surface area (Å²) in [6.07, 6.45) is 5.48. The number of esters is 1. The predicted molar refractivity (Wildman–Crippen MR) is 104 cm³/mol. The molecule has 0 radical (unpaired) electrons. The molecule has 0 atom stereocenters. The normalized spacial score (nSPS) is 17.0. The Bertz CT molecular complexity index is 918. The molecule has 0 aliphatic carbocycles. The maximum atomic E-state index is 12.1. The Morgan fingerprint density at radius 1 is 1.12 bits per heavy atom. The van der Waals surface area contributed by atoms with Crippen LogP contribution < -0.4 is 5.32 Å². The summed E-state index contributed by atoms with van der Waals surface area (Å²) in [4.78, 5) is 28.8. The third-order valence-electron chi connectivity index (χ3n) is 3.52. The van der Waals surface area contributed by atoms with Crippen molar-refractivity contribution in [2.75, 3.05) is 7.11 Å².